The van der Waals surface area contributed by atoms with Gasteiger partial charge in [-0.1, -0.05) is 12.1 Å². The number of guanidine groups is 1. The third kappa shape index (κ3) is 5.04. The molecule has 0 amide bonds. The SMILES string of the molecule is CN=C(NCCN1CCN(c2cccc(C)c2C)CC1)NCc1ccnn1C. The number of nitrogens with zero attached hydrogens (tertiary/aromatic N) is 5. The van der Waals surface area contributed by atoms with Gasteiger partial charge in [-0.25, -0.2) is 0 Å². The summed E-state index contributed by atoms with van der Waals surface area (Å²) in [5.74, 6) is 0.829. The minimum atomic E-state index is 0.713. The largest absolute Gasteiger partial charge is 0.369 e. The van der Waals surface area contributed by atoms with Gasteiger partial charge in [0, 0.05) is 65.2 Å². The second kappa shape index (κ2) is 9.59. The number of hydrogen-bond acceptors (Lipinski definition) is 4. The molecule has 7 heteroatoms. The Hall–Kier alpha value is -2.54. The first-order chi connectivity index (χ1) is 13.6. The summed E-state index contributed by atoms with van der Waals surface area (Å²) in [4.78, 5) is 9.34. The van der Waals surface area contributed by atoms with Gasteiger partial charge in [-0.2, -0.15) is 5.10 Å². The molecule has 7 nitrogen and oxygen atoms in total. The Bertz CT molecular complexity index is 788. The molecule has 1 aromatic carbocycles. The Labute approximate surface area is 168 Å². The average Bonchev–Trinajstić information content (AvgIpc) is 3.12. The van der Waals surface area contributed by atoms with E-state index in [1.54, 1.807) is 0 Å². The third-order valence-corrected chi connectivity index (χ3v) is 5.59. The van der Waals surface area contributed by atoms with Crippen molar-refractivity contribution in [3.05, 3.63) is 47.3 Å². The number of rotatable bonds is 6. The molecule has 0 saturated carbocycles. The van der Waals surface area contributed by atoms with Gasteiger partial charge in [0.25, 0.3) is 0 Å². The summed E-state index contributed by atoms with van der Waals surface area (Å²) in [7, 11) is 3.76. The molecular weight excluding hydrogens is 350 g/mol. The topological polar surface area (TPSA) is 60.7 Å². The van der Waals surface area contributed by atoms with Crippen molar-refractivity contribution in [3.8, 4) is 0 Å². The van der Waals surface area contributed by atoms with Gasteiger partial charge in [-0.3, -0.25) is 14.6 Å². The number of nitrogens with one attached hydrogen (secondary N) is 2. The van der Waals surface area contributed by atoms with Crippen LogP contribution in [0.2, 0.25) is 0 Å². The monoisotopic (exact) mass is 383 g/mol. The number of piperazine rings is 1. The predicted octanol–water partition coefficient (Wildman–Crippen LogP) is 1.52. The van der Waals surface area contributed by atoms with Crippen molar-refractivity contribution in [2.24, 2.45) is 12.0 Å². The Morgan fingerprint density at radius 1 is 1.11 bits per heavy atom. The molecular formula is C21H33N7. The van der Waals surface area contributed by atoms with Gasteiger partial charge < -0.3 is 15.5 Å². The number of aryl methyl sites for hydroxylation is 2. The van der Waals surface area contributed by atoms with Gasteiger partial charge in [0.15, 0.2) is 5.96 Å². The highest BCUT2D eigenvalue weighted by atomic mass is 15.3. The Kier molecular flexibility index (Phi) is 6.92. The lowest BCUT2D eigenvalue weighted by Gasteiger charge is -2.37. The van der Waals surface area contributed by atoms with E-state index in [2.05, 4.69) is 62.6 Å². The summed E-state index contributed by atoms with van der Waals surface area (Å²) in [6.07, 6.45) is 1.81. The van der Waals surface area contributed by atoms with Gasteiger partial charge >= 0.3 is 0 Å². The molecule has 28 heavy (non-hydrogen) atoms. The molecule has 0 aliphatic carbocycles. The van der Waals surface area contributed by atoms with E-state index in [1.807, 2.05) is 31.0 Å². The van der Waals surface area contributed by atoms with Crippen LogP contribution in [-0.4, -0.2) is 67.0 Å². The van der Waals surface area contributed by atoms with Gasteiger partial charge in [-0.05, 0) is 37.1 Å². The summed E-state index contributed by atoms with van der Waals surface area (Å²) in [5, 5.41) is 10.9. The molecule has 1 fully saturated rings. The lowest BCUT2D eigenvalue weighted by atomic mass is 10.1. The lowest BCUT2D eigenvalue weighted by Crippen LogP contribution is -2.49. The molecule has 0 unspecified atom stereocenters. The molecule has 1 aliphatic rings. The second-order valence-electron chi connectivity index (χ2n) is 7.35. The number of hydrogen-bond donors (Lipinski definition) is 2. The van der Waals surface area contributed by atoms with Gasteiger partial charge in [0.1, 0.15) is 0 Å². The van der Waals surface area contributed by atoms with Crippen molar-refractivity contribution in [2.45, 2.75) is 20.4 Å². The fourth-order valence-electron chi connectivity index (χ4n) is 3.59. The van der Waals surface area contributed by atoms with Crippen molar-refractivity contribution < 1.29 is 0 Å². The summed E-state index contributed by atoms with van der Waals surface area (Å²) in [6.45, 7) is 11.4. The molecule has 1 saturated heterocycles. The van der Waals surface area contributed by atoms with Crippen LogP contribution >= 0.6 is 0 Å². The Morgan fingerprint density at radius 3 is 2.57 bits per heavy atom. The van der Waals surface area contributed by atoms with E-state index in [0.717, 1.165) is 50.9 Å². The highest BCUT2D eigenvalue weighted by molar-refractivity contribution is 5.79. The van der Waals surface area contributed by atoms with Crippen LogP contribution in [0.5, 0.6) is 0 Å². The molecule has 1 aliphatic heterocycles. The summed E-state index contributed by atoms with van der Waals surface area (Å²) in [5.41, 5.74) is 5.29. The molecule has 3 rings (SSSR count). The normalized spacial score (nSPS) is 15.7. The number of anilines is 1. The van der Waals surface area contributed by atoms with Crippen molar-refractivity contribution in [1.82, 2.24) is 25.3 Å². The first kappa shape index (κ1) is 20.2. The molecule has 0 radical (unpaired) electrons. The summed E-state index contributed by atoms with van der Waals surface area (Å²) in [6, 6.07) is 8.61. The third-order valence-electron chi connectivity index (χ3n) is 5.59. The second-order valence-corrected chi connectivity index (χ2v) is 7.35. The maximum absolute atomic E-state index is 4.31. The van der Waals surface area contributed by atoms with E-state index in [0.29, 0.717) is 6.54 Å². The molecule has 1 aromatic heterocycles. The summed E-state index contributed by atoms with van der Waals surface area (Å²) < 4.78 is 1.87. The van der Waals surface area contributed by atoms with Crippen LogP contribution in [0.3, 0.4) is 0 Å². The zero-order valence-corrected chi connectivity index (χ0v) is 17.6. The molecule has 0 atom stereocenters. The average molecular weight is 384 g/mol. The number of benzene rings is 1. The van der Waals surface area contributed by atoms with Crippen LogP contribution in [-0.2, 0) is 13.6 Å². The van der Waals surface area contributed by atoms with E-state index in [9.17, 15) is 0 Å². The van der Waals surface area contributed by atoms with Crippen LogP contribution in [0.25, 0.3) is 0 Å². The van der Waals surface area contributed by atoms with Crippen LogP contribution in [0.1, 0.15) is 16.8 Å². The molecule has 2 aromatic rings. The first-order valence-corrected chi connectivity index (χ1v) is 10.0. The first-order valence-electron chi connectivity index (χ1n) is 10.0. The van der Waals surface area contributed by atoms with E-state index in [-0.39, 0.29) is 0 Å². The van der Waals surface area contributed by atoms with Crippen molar-refractivity contribution in [2.75, 3.05) is 51.2 Å². The molecule has 0 bridgehead atoms. The van der Waals surface area contributed by atoms with Crippen LogP contribution < -0.4 is 15.5 Å². The Morgan fingerprint density at radius 2 is 1.89 bits per heavy atom. The van der Waals surface area contributed by atoms with Crippen LogP contribution in [0.15, 0.2) is 35.5 Å². The fraction of sp³-hybridized carbons (Fsp3) is 0.524. The van der Waals surface area contributed by atoms with E-state index in [4.69, 9.17) is 0 Å². The minimum Gasteiger partial charge on any atom is -0.369 e. The van der Waals surface area contributed by atoms with E-state index < -0.39 is 0 Å². The number of aromatic nitrogens is 2. The fourth-order valence-corrected chi connectivity index (χ4v) is 3.59. The van der Waals surface area contributed by atoms with Crippen LogP contribution in [0, 0.1) is 13.8 Å². The van der Waals surface area contributed by atoms with Crippen molar-refractivity contribution >= 4 is 11.6 Å². The van der Waals surface area contributed by atoms with Crippen LogP contribution in [0.4, 0.5) is 5.69 Å². The van der Waals surface area contributed by atoms with Gasteiger partial charge in [-0.15, -0.1) is 0 Å². The minimum absolute atomic E-state index is 0.713. The molecule has 2 N–H and O–H groups in total. The Balaban J connectivity index is 1.39. The van der Waals surface area contributed by atoms with Crippen molar-refractivity contribution in [1.29, 1.82) is 0 Å². The molecule has 0 spiro atoms. The van der Waals surface area contributed by atoms with E-state index in [1.165, 1.54) is 16.8 Å². The maximum Gasteiger partial charge on any atom is 0.191 e. The lowest BCUT2D eigenvalue weighted by molar-refractivity contribution is 0.261. The molecule has 2 heterocycles. The van der Waals surface area contributed by atoms with E-state index >= 15 is 0 Å². The molecule has 152 valence electrons. The predicted molar refractivity (Wildman–Crippen MR) is 116 cm³/mol. The highest BCUT2D eigenvalue weighted by Gasteiger charge is 2.18. The maximum atomic E-state index is 4.31. The van der Waals surface area contributed by atoms with Gasteiger partial charge in [0.2, 0.25) is 0 Å². The highest BCUT2D eigenvalue weighted by Crippen LogP contribution is 2.23. The number of aliphatic imine (C=N–C) groups is 1. The van der Waals surface area contributed by atoms with Gasteiger partial charge in [0.05, 0.1) is 12.2 Å². The quantitative estimate of drug-likeness (QED) is 0.585. The smallest absolute Gasteiger partial charge is 0.191 e. The zero-order valence-electron chi connectivity index (χ0n) is 17.6. The van der Waals surface area contributed by atoms with Crippen molar-refractivity contribution in [3.63, 3.8) is 0 Å². The zero-order chi connectivity index (χ0) is 19.9. The summed E-state index contributed by atoms with van der Waals surface area (Å²) >= 11 is 0. The standard InChI is InChI=1S/C21H33N7/c1-17-6-5-7-20(18(17)2)28-14-12-27(13-15-28)11-10-23-21(22-3)24-16-19-8-9-25-26(19)4/h5-9H,10-16H2,1-4H3,(H2,22,23,24).